The number of nitrogen functional groups attached to an aromatic ring is 1. The minimum absolute atomic E-state index is 0.101. The van der Waals surface area contributed by atoms with Gasteiger partial charge in [-0.2, -0.15) is 0 Å². The molecule has 2 heterocycles. The minimum Gasteiger partial charge on any atom is -0.464 e. The van der Waals surface area contributed by atoms with Crippen LogP contribution in [0.25, 0.3) is 0 Å². The monoisotopic (exact) mass is 278 g/mol. The Hall–Kier alpha value is -2.31. The van der Waals surface area contributed by atoms with Crippen molar-refractivity contribution in [1.29, 1.82) is 0 Å². The number of primary amides is 1. The van der Waals surface area contributed by atoms with Crippen molar-refractivity contribution in [2.75, 3.05) is 30.8 Å². The fourth-order valence-corrected chi connectivity index (χ4v) is 2.31. The van der Waals surface area contributed by atoms with Crippen LogP contribution in [-0.4, -0.2) is 37.1 Å². The summed E-state index contributed by atoms with van der Waals surface area (Å²) < 4.78 is 4.65. The molecule has 0 spiro atoms. The number of methoxy groups -OCH3 is 1. The van der Waals surface area contributed by atoms with Crippen molar-refractivity contribution < 1.29 is 14.3 Å². The highest BCUT2D eigenvalue weighted by atomic mass is 16.5. The molecule has 0 aromatic carbocycles. The lowest BCUT2D eigenvalue weighted by molar-refractivity contribution is -0.122. The average molecular weight is 278 g/mol. The van der Waals surface area contributed by atoms with Crippen molar-refractivity contribution in [3.05, 3.63) is 17.8 Å². The van der Waals surface area contributed by atoms with E-state index in [-0.39, 0.29) is 17.5 Å². The fraction of sp³-hybridized carbons (Fsp3) is 0.462. The van der Waals surface area contributed by atoms with Gasteiger partial charge in [0.15, 0.2) is 11.5 Å². The van der Waals surface area contributed by atoms with E-state index in [4.69, 9.17) is 11.5 Å². The summed E-state index contributed by atoms with van der Waals surface area (Å²) in [5, 5.41) is 0. The number of pyridine rings is 1. The number of aromatic nitrogens is 1. The Morgan fingerprint density at radius 2 is 2.00 bits per heavy atom. The number of ether oxygens (including phenoxy) is 1. The molecule has 1 aromatic rings. The number of nitrogens with zero attached hydrogens (tertiary/aromatic N) is 2. The van der Waals surface area contributed by atoms with Crippen molar-refractivity contribution in [3.63, 3.8) is 0 Å². The van der Waals surface area contributed by atoms with E-state index < -0.39 is 5.97 Å². The summed E-state index contributed by atoms with van der Waals surface area (Å²) in [4.78, 5) is 28.9. The number of hydrogen-bond acceptors (Lipinski definition) is 6. The summed E-state index contributed by atoms with van der Waals surface area (Å²) in [7, 11) is 1.30. The second-order valence-electron chi connectivity index (χ2n) is 4.76. The highest BCUT2D eigenvalue weighted by Crippen LogP contribution is 2.26. The Labute approximate surface area is 116 Å². The molecule has 1 amide bonds. The molecule has 1 saturated heterocycles. The molecule has 20 heavy (non-hydrogen) atoms. The van der Waals surface area contributed by atoms with Crippen molar-refractivity contribution in [2.45, 2.75) is 12.8 Å². The zero-order valence-electron chi connectivity index (χ0n) is 11.3. The fourth-order valence-electron chi connectivity index (χ4n) is 2.31. The number of nitrogens with two attached hydrogens (primary N) is 2. The molecule has 7 nitrogen and oxygen atoms in total. The first kappa shape index (κ1) is 14.1. The van der Waals surface area contributed by atoms with E-state index in [1.807, 2.05) is 4.90 Å². The number of carbonyl (C=O) groups excluding carboxylic acids is 2. The quantitative estimate of drug-likeness (QED) is 0.761. The molecule has 0 unspecified atom stereocenters. The summed E-state index contributed by atoms with van der Waals surface area (Å²) >= 11 is 0. The lowest BCUT2D eigenvalue weighted by atomic mass is 9.96. The van der Waals surface area contributed by atoms with Gasteiger partial charge >= 0.3 is 5.97 Å². The van der Waals surface area contributed by atoms with Crippen molar-refractivity contribution in [1.82, 2.24) is 4.98 Å². The molecule has 1 aromatic heterocycles. The van der Waals surface area contributed by atoms with Gasteiger partial charge in [0.1, 0.15) is 0 Å². The number of esters is 1. The number of anilines is 2. The highest BCUT2D eigenvalue weighted by Gasteiger charge is 2.25. The SMILES string of the molecule is COC(=O)c1ccc(N)c(N2CCC(C(N)=O)CC2)n1. The van der Waals surface area contributed by atoms with Gasteiger partial charge in [0.2, 0.25) is 5.91 Å². The molecular weight excluding hydrogens is 260 g/mol. The van der Waals surface area contributed by atoms with Gasteiger partial charge in [-0.05, 0) is 25.0 Å². The van der Waals surface area contributed by atoms with Crippen LogP contribution >= 0.6 is 0 Å². The predicted molar refractivity (Wildman–Crippen MR) is 74.1 cm³/mol. The van der Waals surface area contributed by atoms with Crippen LogP contribution in [0, 0.1) is 5.92 Å². The van der Waals surface area contributed by atoms with Crippen LogP contribution in [0.15, 0.2) is 12.1 Å². The van der Waals surface area contributed by atoms with Crippen molar-refractivity contribution in [3.8, 4) is 0 Å². The zero-order chi connectivity index (χ0) is 14.7. The average Bonchev–Trinajstić information content (AvgIpc) is 2.47. The van der Waals surface area contributed by atoms with Crippen LogP contribution in [-0.2, 0) is 9.53 Å². The summed E-state index contributed by atoms with van der Waals surface area (Å²) in [6.07, 6.45) is 1.33. The number of piperidine rings is 1. The summed E-state index contributed by atoms with van der Waals surface area (Å²) in [6, 6.07) is 3.16. The van der Waals surface area contributed by atoms with Gasteiger partial charge in [-0.15, -0.1) is 0 Å². The van der Waals surface area contributed by atoms with Crippen LogP contribution in [0.5, 0.6) is 0 Å². The Balaban J connectivity index is 2.17. The summed E-state index contributed by atoms with van der Waals surface area (Å²) in [5.74, 6) is -0.320. The molecule has 108 valence electrons. The van der Waals surface area contributed by atoms with Gasteiger partial charge in [0, 0.05) is 19.0 Å². The molecule has 0 atom stereocenters. The molecule has 0 aliphatic carbocycles. The molecule has 1 fully saturated rings. The largest absolute Gasteiger partial charge is 0.464 e. The summed E-state index contributed by atoms with van der Waals surface area (Å²) in [5.41, 5.74) is 11.9. The van der Waals surface area contributed by atoms with Crippen LogP contribution < -0.4 is 16.4 Å². The summed E-state index contributed by atoms with van der Waals surface area (Å²) in [6.45, 7) is 1.27. The number of amides is 1. The van der Waals surface area contributed by atoms with Crippen molar-refractivity contribution in [2.24, 2.45) is 11.7 Å². The van der Waals surface area contributed by atoms with E-state index in [2.05, 4.69) is 9.72 Å². The lowest BCUT2D eigenvalue weighted by Gasteiger charge is -2.32. The van der Waals surface area contributed by atoms with E-state index in [0.717, 1.165) is 0 Å². The normalized spacial score (nSPS) is 15.9. The zero-order valence-corrected chi connectivity index (χ0v) is 11.3. The molecule has 0 saturated carbocycles. The smallest absolute Gasteiger partial charge is 0.356 e. The maximum Gasteiger partial charge on any atom is 0.356 e. The molecule has 0 radical (unpaired) electrons. The molecule has 2 rings (SSSR count). The van der Waals surface area contributed by atoms with Crippen molar-refractivity contribution >= 4 is 23.4 Å². The Morgan fingerprint density at radius 1 is 1.35 bits per heavy atom. The Kier molecular flexibility index (Phi) is 4.07. The van der Waals surface area contributed by atoms with Gasteiger partial charge in [-0.1, -0.05) is 0 Å². The highest BCUT2D eigenvalue weighted by molar-refractivity contribution is 5.88. The topological polar surface area (TPSA) is 112 Å². The second-order valence-corrected chi connectivity index (χ2v) is 4.76. The van der Waals surface area contributed by atoms with E-state index in [9.17, 15) is 9.59 Å². The van der Waals surface area contributed by atoms with E-state index in [0.29, 0.717) is 37.4 Å². The first-order valence-electron chi connectivity index (χ1n) is 6.42. The lowest BCUT2D eigenvalue weighted by Crippen LogP contribution is -2.39. The molecular formula is C13H18N4O3. The van der Waals surface area contributed by atoms with Gasteiger partial charge < -0.3 is 21.1 Å². The first-order valence-corrected chi connectivity index (χ1v) is 6.42. The Bertz CT molecular complexity index is 524. The third-order valence-corrected chi connectivity index (χ3v) is 3.50. The second kappa shape index (κ2) is 5.77. The van der Waals surface area contributed by atoms with Crippen LogP contribution in [0.3, 0.4) is 0 Å². The van der Waals surface area contributed by atoms with E-state index in [1.165, 1.54) is 13.2 Å². The Morgan fingerprint density at radius 3 is 2.55 bits per heavy atom. The van der Waals surface area contributed by atoms with Gasteiger partial charge in [-0.25, -0.2) is 9.78 Å². The molecule has 1 aliphatic rings. The number of hydrogen-bond donors (Lipinski definition) is 2. The molecule has 1 aliphatic heterocycles. The molecule has 7 heteroatoms. The van der Waals surface area contributed by atoms with E-state index in [1.54, 1.807) is 6.07 Å². The predicted octanol–water partition coefficient (Wildman–Crippen LogP) is 0.152. The van der Waals surface area contributed by atoms with Gasteiger partial charge in [-0.3, -0.25) is 4.79 Å². The maximum atomic E-state index is 11.5. The van der Waals surface area contributed by atoms with Gasteiger partial charge in [0.25, 0.3) is 0 Å². The first-order chi connectivity index (χ1) is 9.52. The maximum absolute atomic E-state index is 11.5. The van der Waals surface area contributed by atoms with Crippen LogP contribution in [0.1, 0.15) is 23.3 Å². The standard InChI is InChI=1S/C13H18N4O3/c1-20-13(19)10-3-2-9(14)12(16-10)17-6-4-8(5-7-17)11(15)18/h2-3,8H,4-7,14H2,1H3,(H2,15,18). The van der Waals surface area contributed by atoms with Crippen LogP contribution in [0.2, 0.25) is 0 Å². The van der Waals surface area contributed by atoms with Crippen LogP contribution in [0.4, 0.5) is 11.5 Å². The third kappa shape index (κ3) is 2.81. The molecule has 0 bridgehead atoms. The minimum atomic E-state index is -0.502. The third-order valence-electron chi connectivity index (χ3n) is 3.50. The van der Waals surface area contributed by atoms with E-state index >= 15 is 0 Å². The number of carbonyl (C=O) groups is 2. The molecule has 4 N–H and O–H groups in total. The van der Waals surface area contributed by atoms with Gasteiger partial charge in [0.05, 0.1) is 12.8 Å². The number of rotatable bonds is 3.